The van der Waals surface area contributed by atoms with Crippen LogP contribution in [0.2, 0.25) is 0 Å². The summed E-state index contributed by atoms with van der Waals surface area (Å²) in [5, 5.41) is 2.93. The first kappa shape index (κ1) is 11.2. The minimum absolute atomic E-state index is 0.0422. The lowest BCUT2D eigenvalue weighted by Crippen LogP contribution is -2.30. The average molecular weight is 217 g/mol. The van der Waals surface area contributed by atoms with Gasteiger partial charge in [-0.2, -0.15) is 0 Å². The van der Waals surface area contributed by atoms with E-state index >= 15 is 0 Å². The van der Waals surface area contributed by atoms with E-state index in [0.717, 1.165) is 5.56 Å². The van der Waals surface area contributed by atoms with Gasteiger partial charge >= 0.3 is 0 Å². The van der Waals surface area contributed by atoms with E-state index in [0.29, 0.717) is 5.92 Å². The molecule has 0 aromatic heterocycles. The van der Waals surface area contributed by atoms with Gasteiger partial charge in [-0.25, -0.2) is 0 Å². The number of hydrogen-bond donors (Lipinski definition) is 1. The Balaban J connectivity index is 2.22. The van der Waals surface area contributed by atoms with Crippen LogP contribution < -0.4 is 5.32 Å². The van der Waals surface area contributed by atoms with E-state index in [1.807, 2.05) is 26.0 Å². The van der Waals surface area contributed by atoms with Crippen molar-refractivity contribution in [1.82, 2.24) is 5.32 Å². The SMILES string of the molecule is Cc1cc(C(=O)NC(C)C)cc(C2CC2)c1. The lowest BCUT2D eigenvalue weighted by Gasteiger charge is -2.10. The second-order valence-electron chi connectivity index (χ2n) is 5.03. The predicted octanol–water partition coefficient (Wildman–Crippen LogP) is 3.01. The maximum atomic E-state index is 11.9. The number of nitrogens with one attached hydrogen (secondary N) is 1. The fourth-order valence-electron chi connectivity index (χ4n) is 1.94. The molecule has 1 aliphatic rings. The normalized spacial score (nSPS) is 15.2. The van der Waals surface area contributed by atoms with Crippen LogP contribution in [0, 0.1) is 6.92 Å². The molecule has 0 heterocycles. The summed E-state index contributed by atoms with van der Waals surface area (Å²) in [4.78, 5) is 11.9. The molecule has 0 spiro atoms. The number of amides is 1. The van der Waals surface area contributed by atoms with Crippen LogP contribution in [0.15, 0.2) is 18.2 Å². The molecule has 16 heavy (non-hydrogen) atoms. The van der Waals surface area contributed by atoms with Crippen molar-refractivity contribution in [3.05, 3.63) is 34.9 Å². The van der Waals surface area contributed by atoms with Crippen LogP contribution in [0.25, 0.3) is 0 Å². The highest BCUT2D eigenvalue weighted by Crippen LogP contribution is 2.40. The zero-order valence-electron chi connectivity index (χ0n) is 10.2. The van der Waals surface area contributed by atoms with Crippen molar-refractivity contribution in [2.24, 2.45) is 0 Å². The van der Waals surface area contributed by atoms with Crippen LogP contribution in [0.3, 0.4) is 0 Å². The molecule has 1 aromatic carbocycles. The first-order valence-electron chi connectivity index (χ1n) is 5.98. The maximum Gasteiger partial charge on any atom is 0.251 e. The van der Waals surface area contributed by atoms with Gasteiger partial charge in [0.05, 0.1) is 0 Å². The van der Waals surface area contributed by atoms with Crippen molar-refractivity contribution < 1.29 is 4.79 Å². The van der Waals surface area contributed by atoms with Crippen LogP contribution in [-0.4, -0.2) is 11.9 Å². The molecule has 0 unspecified atom stereocenters. The average Bonchev–Trinajstić information content (AvgIpc) is 2.98. The van der Waals surface area contributed by atoms with Crippen LogP contribution in [-0.2, 0) is 0 Å². The van der Waals surface area contributed by atoms with Crippen LogP contribution in [0.5, 0.6) is 0 Å². The van der Waals surface area contributed by atoms with Gasteiger partial charge in [0.1, 0.15) is 0 Å². The van der Waals surface area contributed by atoms with Crippen molar-refractivity contribution in [3.63, 3.8) is 0 Å². The Hall–Kier alpha value is -1.31. The summed E-state index contributed by atoms with van der Waals surface area (Å²) in [7, 11) is 0. The summed E-state index contributed by atoms with van der Waals surface area (Å²) in [6.45, 7) is 6.02. The lowest BCUT2D eigenvalue weighted by molar-refractivity contribution is 0.0943. The molecule has 1 saturated carbocycles. The molecule has 1 fully saturated rings. The molecule has 86 valence electrons. The summed E-state index contributed by atoms with van der Waals surface area (Å²) in [6, 6.07) is 6.40. The number of carbonyl (C=O) groups is 1. The third-order valence-electron chi connectivity index (χ3n) is 2.83. The van der Waals surface area contributed by atoms with Gasteiger partial charge in [0.2, 0.25) is 0 Å². The Morgan fingerprint density at radius 2 is 2.00 bits per heavy atom. The topological polar surface area (TPSA) is 29.1 Å². The molecule has 1 amide bonds. The molecule has 0 atom stereocenters. The fraction of sp³-hybridized carbons (Fsp3) is 0.500. The van der Waals surface area contributed by atoms with Crippen molar-refractivity contribution in [2.75, 3.05) is 0 Å². The van der Waals surface area contributed by atoms with Crippen molar-refractivity contribution >= 4 is 5.91 Å². The largest absolute Gasteiger partial charge is 0.350 e. The number of carbonyl (C=O) groups excluding carboxylic acids is 1. The molecular formula is C14H19NO. The number of aryl methyl sites for hydroxylation is 1. The van der Waals surface area contributed by atoms with Gasteiger partial charge in [-0.1, -0.05) is 11.6 Å². The van der Waals surface area contributed by atoms with E-state index in [1.165, 1.54) is 24.0 Å². The van der Waals surface area contributed by atoms with Crippen LogP contribution in [0.4, 0.5) is 0 Å². The third kappa shape index (κ3) is 2.63. The van der Waals surface area contributed by atoms with Gasteiger partial charge in [0.15, 0.2) is 0 Å². The highest BCUT2D eigenvalue weighted by molar-refractivity contribution is 5.94. The molecule has 0 bridgehead atoms. The quantitative estimate of drug-likeness (QED) is 0.828. The molecule has 1 aromatic rings. The smallest absolute Gasteiger partial charge is 0.251 e. The standard InChI is InChI=1S/C14H19NO/c1-9(2)15-14(16)13-7-10(3)6-12(8-13)11-4-5-11/h6-9,11H,4-5H2,1-3H3,(H,15,16). The Kier molecular flexibility index (Phi) is 2.99. The lowest BCUT2D eigenvalue weighted by atomic mass is 10.0. The molecule has 2 nitrogen and oxygen atoms in total. The number of hydrogen-bond acceptors (Lipinski definition) is 1. The molecule has 0 radical (unpaired) electrons. The predicted molar refractivity (Wildman–Crippen MR) is 65.8 cm³/mol. The van der Waals surface area contributed by atoms with Crippen LogP contribution in [0.1, 0.15) is 54.1 Å². The monoisotopic (exact) mass is 217 g/mol. The van der Waals surface area contributed by atoms with E-state index < -0.39 is 0 Å². The Morgan fingerprint density at radius 3 is 2.56 bits per heavy atom. The van der Waals surface area contributed by atoms with Gasteiger partial charge in [-0.05, 0) is 57.2 Å². The molecule has 2 heteroatoms. The minimum atomic E-state index is 0.0422. The second-order valence-corrected chi connectivity index (χ2v) is 5.03. The molecule has 1 N–H and O–H groups in total. The van der Waals surface area contributed by atoms with Crippen molar-refractivity contribution in [2.45, 2.75) is 45.6 Å². The zero-order chi connectivity index (χ0) is 11.7. The summed E-state index contributed by atoms with van der Waals surface area (Å²) < 4.78 is 0. The first-order valence-corrected chi connectivity index (χ1v) is 5.98. The Bertz CT molecular complexity index is 405. The summed E-state index contributed by atoms with van der Waals surface area (Å²) >= 11 is 0. The minimum Gasteiger partial charge on any atom is -0.350 e. The summed E-state index contributed by atoms with van der Waals surface area (Å²) in [5.74, 6) is 0.742. The van der Waals surface area contributed by atoms with Crippen molar-refractivity contribution in [1.29, 1.82) is 0 Å². The molecular weight excluding hydrogens is 198 g/mol. The molecule has 0 aliphatic heterocycles. The van der Waals surface area contributed by atoms with E-state index in [4.69, 9.17) is 0 Å². The number of benzene rings is 1. The van der Waals surface area contributed by atoms with Crippen LogP contribution >= 0.6 is 0 Å². The molecule has 2 rings (SSSR count). The van der Waals surface area contributed by atoms with Gasteiger partial charge < -0.3 is 5.32 Å². The Morgan fingerprint density at radius 1 is 1.31 bits per heavy atom. The highest BCUT2D eigenvalue weighted by atomic mass is 16.1. The third-order valence-corrected chi connectivity index (χ3v) is 2.83. The zero-order valence-corrected chi connectivity index (χ0v) is 10.2. The Labute approximate surface area is 97.1 Å². The van der Waals surface area contributed by atoms with Gasteiger partial charge in [0.25, 0.3) is 5.91 Å². The molecule has 0 saturated heterocycles. The molecule has 1 aliphatic carbocycles. The number of rotatable bonds is 3. The van der Waals surface area contributed by atoms with E-state index in [2.05, 4.69) is 18.3 Å². The fourth-order valence-corrected chi connectivity index (χ4v) is 1.94. The van der Waals surface area contributed by atoms with E-state index in [9.17, 15) is 4.79 Å². The summed E-state index contributed by atoms with van der Waals surface area (Å²) in [6.07, 6.45) is 2.55. The second kappa shape index (κ2) is 4.28. The van der Waals surface area contributed by atoms with Crippen molar-refractivity contribution in [3.8, 4) is 0 Å². The highest BCUT2D eigenvalue weighted by Gasteiger charge is 2.24. The van der Waals surface area contributed by atoms with Gasteiger partial charge in [-0.15, -0.1) is 0 Å². The van der Waals surface area contributed by atoms with E-state index in [1.54, 1.807) is 0 Å². The first-order chi connectivity index (χ1) is 7.56. The van der Waals surface area contributed by atoms with Gasteiger partial charge in [0, 0.05) is 11.6 Å². The summed E-state index contributed by atoms with van der Waals surface area (Å²) in [5.41, 5.74) is 3.31. The van der Waals surface area contributed by atoms with E-state index in [-0.39, 0.29) is 11.9 Å². The van der Waals surface area contributed by atoms with Gasteiger partial charge in [-0.3, -0.25) is 4.79 Å². The maximum absolute atomic E-state index is 11.9.